The molecule has 0 bridgehead atoms. The zero-order chi connectivity index (χ0) is 15.9. The topological polar surface area (TPSA) is 119 Å². The molecule has 116 valence electrons. The number of nitrogens with two attached hydrogens (primary N) is 1. The Labute approximate surface area is 118 Å². The normalized spacial score (nSPS) is 14.2. The van der Waals surface area contributed by atoms with Crippen molar-refractivity contribution in [2.75, 3.05) is 13.2 Å². The molecule has 0 saturated carbocycles. The number of hydrogen-bond acceptors (Lipinski definition) is 5. The Morgan fingerprint density at radius 1 is 1.30 bits per heavy atom. The zero-order valence-electron chi connectivity index (χ0n) is 12.4. The molecule has 0 heterocycles. The maximum Gasteiger partial charge on any atom is 0.332 e. The highest BCUT2D eigenvalue weighted by Crippen LogP contribution is 2.24. The molecule has 0 aromatic rings. The molecule has 2 atom stereocenters. The van der Waals surface area contributed by atoms with E-state index < -0.39 is 29.8 Å². The second kappa shape index (κ2) is 7.84. The summed E-state index contributed by atoms with van der Waals surface area (Å²) in [6.45, 7) is 7.39. The summed E-state index contributed by atoms with van der Waals surface area (Å²) in [4.78, 5) is 34.0. The lowest BCUT2D eigenvalue weighted by molar-refractivity contribution is -0.148. The highest BCUT2D eigenvalue weighted by molar-refractivity contribution is 6.01. The summed E-state index contributed by atoms with van der Waals surface area (Å²) < 4.78 is 4.62. The van der Waals surface area contributed by atoms with Crippen LogP contribution in [-0.4, -0.2) is 42.1 Å². The summed E-state index contributed by atoms with van der Waals surface area (Å²) in [5, 5.41) is 11.5. The van der Waals surface area contributed by atoms with Crippen LogP contribution in [0.25, 0.3) is 0 Å². The van der Waals surface area contributed by atoms with Gasteiger partial charge in [-0.25, -0.2) is 4.79 Å². The van der Waals surface area contributed by atoms with Gasteiger partial charge in [0.15, 0.2) is 6.04 Å². The standard InChI is InChI=1S/C13H24N2O5/c1-5-20-12(19)9(14)10(16)15-7-8(11(17)18)6-13(2,3)4/h8-9H,5-7,14H2,1-4H3,(H,15,16)(H,17,18). The third kappa shape index (κ3) is 7.08. The number of carbonyl (C=O) groups excluding carboxylic acids is 2. The van der Waals surface area contributed by atoms with Crippen LogP contribution in [0.15, 0.2) is 0 Å². The highest BCUT2D eigenvalue weighted by Gasteiger charge is 2.28. The lowest BCUT2D eigenvalue weighted by Crippen LogP contribution is -2.48. The molecule has 7 heteroatoms. The predicted octanol–water partition coefficient (Wildman–Crippen LogP) is 0.130. The minimum Gasteiger partial charge on any atom is -0.481 e. The number of nitrogens with one attached hydrogen (secondary N) is 1. The number of amides is 1. The summed E-state index contributed by atoms with van der Waals surface area (Å²) in [7, 11) is 0. The van der Waals surface area contributed by atoms with Crippen LogP contribution in [-0.2, 0) is 19.1 Å². The first kappa shape index (κ1) is 18.4. The molecule has 0 aliphatic rings. The fourth-order valence-corrected chi connectivity index (χ4v) is 1.66. The van der Waals surface area contributed by atoms with Crippen molar-refractivity contribution in [3.8, 4) is 0 Å². The summed E-state index contributed by atoms with van der Waals surface area (Å²) >= 11 is 0. The van der Waals surface area contributed by atoms with Gasteiger partial charge in [-0.3, -0.25) is 9.59 Å². The van der Waals surface area contributed by atoms with Crippen molar-refractivity contribution in [2.24, 2.45) is 17.1 Å². The van der Waals surface area contributed by atoms with Gasteiger partial charge < -0.3 is 20.9 Å². The molecule has 7 nitrogen and oxygen atoms in total. The van der Waals surface area contributed by atoms with E-state index in [9.17, 15) is 14.4 Å². The molecule has 0 aromatic carbocycles. The van der Waals surface area contributed by atoms with E-state index in [0.29, 0.717) is 6.42 Å². The molecule has 0 fully saturated rings. The average molecular weight is 288 g/mol. The first-order valence-corrected chi connectivity index (χ1v) is 6.51. The quantitative estimate of drug-likeness (QED) is 0.452. The van der Waals surface area contributed by atoms with E-state index in [2.05, 4.69) is 10.1 Å². The number of rotatable bonds is 7. The van der Waals surface area contributed by atoms with Crippen molar-refractivity contribution in [1.29, 1.82) is 0 Å². The third-order valence-electron chi connectivity index (χ3n) is 2.55. The van der Waals surface area contributed by atoms with E-state index in [1.54, 1.807) is 6.92 Å². The van der Waals surface area contributed by atoms with E-state index in [1.165, 1.54) is 0 Å². The monoisotopic (exact) mass is 288 g/mol. The van der Waals surface area contributed by atoms with Crippen LogP contribution in [0.3, 0.4) is 0 Å². The van der Waals surface area contributed by atoms with Crippen LogP contribution in [0.5, 0.6) is 0 Å². The van der Waals surface area contributed by atoms with Crippen molar-refractivity contribution < 1.29 is 24.2 Å². The smallest absolute Gasteiger partial charge is 0.332 e. The number of esters is 1. The fraction of sp³-hybridized carbons (Fsp3) is 0.769. The molecule has 0 spiro atoms. The minimum atomic E-state index is -1.43. The summed E-state index contributed by atoms with van der Waals surface area (Å²) in [6.07, 6.45) is 0.400. The van der Waals surface area contributed by atoms with Crippen molar-refractivity contribution in [1.82, 2.24) is 5.32 Å². The zero-order valence-corrected chi connectivity index (χ0v) is 12.4. The van der Waals surface area contributed by atoms with E-state index in [-0.39, 0.29) is 18.6 Å². The van der Waals surface area contributed by atoms with Gasteiger partial charge in [-0.15, -0.1) is 0 Å². The van der Waals surface area contributed by atoms with Gasteiger partial charge >= 0.3 is 11.9 Å². The Kier molecular flexibility index (Phi) is 7.20. The van der Waals surface area contributed by atoms with Crippen LogP contribution >= 0.6 is 0 Å². The van der Waals surface area contributed by atoms with Crippen LogP contribution in [0.2, 0.25) is 0 Å². The molecule has 1 amide bonds. The van der Waals surface area contributed by atoms with Crippen molar-refractivity contribution >= 4 is 17.8 Å². The van der Waals surface area contributed by atoms with Gasteiger partial charge in [-0.2, -0.15) is 0 Å². The SMILES string of the molecule is CCOC(=O)C(N)C(=O)NCC(CC(C)(C)C)C(=O)O. The Morgan fingerprint density at radius 2 is 1.85 bits per heavy atom. The van der Waals surface area contributed by atoms with Crippen molar-refractivity contribution in [3.05, 3.63) is 0 Å². The maximum absolute atomic E-state index is 11.6. The Morgan fingerprint density at radius 3 is 2.25 bits per heavy atom. The van der Waals surface area contributed by atoms with Gasteiger partial charge in [0.1, 0.15) is 0 Å². The van der Waals surface area contributed by atoms with E-state index in [1.807, 2.05) is 20.8 Å². The van der Waals surface area contributed by atoms with Crippen LogP contribution in [0, 0.1) is 11.3 Å². The highest BCUT2D eigenvalue weighted by atomic mass is 16.5. The second-order valence-corrected chi connectivity index (χ2v) is 5.77. The van der Waals surface area contributed by atoms with E-state index in [4.69, 9.17) is 10.8 Å². The van der Waals surface area contributed by atoms with Crippen LogP contribution in [0.1, 0.15) is 34.1 Å². The number of carbonyl (C=O) groups is 3. The van der Waals surface area contributed by atoms with Gasteiger partial charge in [0, 0.05) is 6.54 Å². The average Bonchev–Trinajstić information content (AvgIpc) is 2.31. The fourth-order valence-electron chi connectivity index (χ4n) is 1.66. The first-order chi connectivity index (χ1) is 9.08. The third-order valence-corrected chi connectivity index (χ3v) is 2.55. The van der Waals surface area contributed by atoms with Gasteiger partial charge in [-0.05, 0) is 18.8 Å². The lowest BCUT2D eigenvalue weighted by Gasteiger charge is -2.23. The summed E-state index contributed by atoms with van der Waals surface area (Å²) in [5.74, 6) is -3.28. The van der Waals surface area contributed by atoms with E-state index in [0.717, 1.165) is 0 Å². The number of carboxylic acids is 1. The van der Waals surface area contributed by atoms with E-state index >= 15 is 0 Å². The Bertz CT molecular complexity index is 362. The predicted molar refractivity (Wildman–Crippen MR) is 72.8 cm³/mol. The van der Waals surface area contributed by atoms with Gasteiger partial charge in [-0.1, -0.05) is 20.8 Å². The van der Waals surface area contributed by atoms with Crippen LogP contribution in [0.4, 0.5) is 0 Å². The molecule has 20 heavy (non-hydrogen) atoms. The Hall–Kier alpha value is -1.63. The molecule has 2 unspecified atom stereocenters. The van der Waals surface area contributed by atoms with Gasteiger partial charge in [0.2, 0.25) is 5.91 Å². The lowest BCUT2D eigenvalue weighted by atomic mass is 9.84. The number of ether oxygens (including phenoxy) is 1. The second-order valence-electron chi connectivity index (χ2n) is 5.77. The van der Waals surface area contributed by atoms with Crippen molar-refractivity contribution in [3.63, 3.8) is 0 Å². The maximum atomic E-state index is 11.6. The largest absolute Gasteiger partial charge is 0.481 e. The summed E-state index contributed by atoms with van der Waals surface area (Å²) in [6, 6.07) is -1.43. The number of carboxylic acid groups (broad SMARTS) is 1. The molecule has 0 rings (SSSR count). The molecule has 0 aliphatic heterocycles. The molecule has 0 radical (unpaired) electrons. The molecular formula is C13H24N2O5. The number of hydrogen-bond donors (Lipinski definition) is 3. The first-order valence-electron chi connectivity index (χ1n) is 6.51. The molecule has 0 saturated heterocycles. The minimum absolute atomic E-state index is 0.0709. The Balaban J connectivity index is 4.45. The molecule has 0 aliphatic carbocycles. The summed E-state index contributed by atoms with van der Waals surface area (Å²) in [5.41, 5.74) is 5.22. The number of aliphatic carboxylic acids is 1. The van der Waals surface area contributed by atoms with Crippen molar-refractivity contribution in [2.45, 2.75) is 40.2 Å². The molecule has 4 N–H and O–H groups in total. The molecule has 0 aromatic heterocycles. The molecular weight excluding hydrogens is 264 g/mol. The van der Waals surface area contributed by atoms with Gasteiger partial charge in [0.25, 0.3) is 0 Å². The van der Waals surface area contributed by atoms with Gasteiger partial charge in [0.05, 0.1) is 12.5 Å². The van der Waals surface area contributed by atoms with Crippen LogP contribution < -0.4 is 11.1 Å².